The van der Waals surface area contributed by atoms with Gasteiger partial charge in [-0.05, 0) is 77.3 Å². The van der Waals surface area contributed by atoms with E-state index >= 15 is 0 Å². The van der Waals surface area contributed by atoms with E-state index in [0.29, 0.717) is 57.3 Å². The lowest BCUT2D eigenvalue weighted by molar-refractivity contribution is -0.121. The number of aromatic nitrogens is 2. The summed E-state index contributed by atoms with van der Waals surface area (Å²) in [5.74, 6) is 0.325. The minimum atomic E-state index is -0.616. The van der Waals surface area contributed by atoms with E-state index in [0.717, 1.165) is 40.9 Å². The average Bonchev–Trinajstić information content (AvgIpc) is 3.51. The Morgan fingerprint density at radius 2 is 1.82 bits per heavy atom. The maximum Gasteiger partial charge on any atom is 0.410 e. The van der Waals surface area contributed by atoms with Crippen LogP contribution in [0, 0.1) is 12.7 Å². The van der Waals surface area contributed by atoms with Crippen LogP contribution in [-0.4, -0.2) is 119 Å². The van der Waals surface area contributed by atoms with Crippen LogP contribution in [-0.2, 0) is 26.1 Å². The van der Waals surface area contributed by atoms with Gasteiger partial charge in [-0.25, -0.2) is 14.2 Å². The molecular weight excluding hydrogens is 639 g/mol. The summed E-state index contributed by atoms with van der Waals surface area (Å²) in [6.07, 6.45) is 0.880. The summed E-state index contributed by atoms with van der Waals surface area (Å²) in [6.45, 7) is 20.3. The molecule has 2 aromatic heterocycles. The van der Waals surface area contributed by atoms with Crippen molar-refractivity contribution < 1.29 is 28.2 Å². The largest absolute Gasteiger partial charge is 0.444 e. The second-order valence-electron chi connectivity index (χ2n) is 15.9. The molecule has 1 aromatic carbocycles. The molecule has 2 saturated heterocycles. The highest BCUT2D eigenvalue weighted by Crippen LogP contribution is 2.43. The first-order valence-electron chi connectivity index (χ1n) is 17.7. The Labute approximate surface area is 294 Å². The highest BCUT2D eigenvalue weighted by atomic mass is 19.1. The molecule has 3 aromatic rings. The lowest BCUT2D eigenvalue weighted by Crippen LogP contribution is -2.64. The Kier molecular flexibility index (Phi) is 9.84. The Balaban J connectivity index is 1.34. The van der Waals surface area contributed by atoms with Crippen LogP contribution in [0.3, 0.4) is 0 Å². The standard InChI is InChI=1S/C38H51FN6O5/c1-24-17-42(30(18-41-13-14-49-22-25(41)2)19-43(24)36(48)50-37(4,5)6)20-33(47)44-23-38(7,8)35-32(44)16-28(15-27-9-11-29(39)12-10-27)34-31(21-46)40-26(3)45(34)35/h9-12,16,21,24-25,30H,13-15,17-20,22-23H2,1-8H3/t24-,25-,30+/m1/s1. The van der Waals surface area contributed by atoms with Crippen molar-refractivity contribution in [3.05, 3.63) is 64.5 Å². The molecule has 0 N–H and O–H groups in total. The fraction of sp³-hybridized carbons (Fsp3) is 0.579. The molecule has 2 fully saturated rings. The number of carbonyl (C=O) groups excluding carboxylic acids is 3. The highest BCUT2D eigenvalue weighted by Gasteiger charge is 2.44. The number of aldehydes is 1. The summed E-state index contributed by atoms with van der Waals surface area (Å²) in [6, 6.07) is 8.32. The number of hydrogen-bond donors (Lipinski definition) is 0. The van der Waals surface area contributed by atoms with E-state index < -0.39 is 11.0 Å². The van der Waals surface area contributed by atoms with Crippen molar-refractivity contribution in [2.75, 3.05) is 57.4 Å². The van der Waals surface area contributed by atoms with Gasteiger partial charge in [0.15, 0.2) is 6.29 Å². The van der Waals surface area contributed by atoms with Gasteiger partial charge in [0.2, 0.25) is 5.91 Å². The van der Waals surface area contributed by atoms with Gasteiger partial charge in [-0.15, -0.1) is 0 Å². The number of carbonyl (C=O) groups is 3. The van der Waals surface area contributed by atoms with Gasteiger partial charge in [0.25, 0.3) is 0 Å². The Bertz CT molecular complexity index is 1770. The third-order valence-electron chi connectivity index (χ3n) is 10.2. The van der Waals surface area contributed by atoms with Crippen molar-refractivity contribution in [2.45, 2.75) is 91.0 Å². The number of halogens is 1. The van der Waals surface area contributed by atoms with E-state index in [2.05, 4.69) is 35.6 Å². The predicted octanol–water partition coefficient (Wildman–Crippen LogP) is 4.84. The zero-order valence-electron chi connectivity index (χ0n) is 30.7. The van der Waals surface area contributed by atoms with Gasteiger partial charge in [-0.3, -0.25) is 23.8 Å². The third-order valence-corrected chi connectivity index (χ3v) is 10.2. The maximum atomic E-state index is 14.6. The maximum absolute atomic E-state index is 14.6. The molecule has 12 heteroatoms. The number of benzene rings is 1. The van der Waals surface area contributed by atoms with Crippen LogP contribution < -0.4 is 4.90 Å². The van der Waals surface area contributed by atoms with Crippen molar-refractivity contribution in [3.8, 4) is 0 Å². The lowest BCUT2D eigenvalue weighted by Gasteiger charge is -2.47. The molecule has 0 spiro atoms. The third kappa shape index (κ3) is 7.15. The van der Waals surface area contributed by atoms with Gasteiger partial charge in [0.05, 0.1) is 36.7 Å². The fourth-order valence-electron chi connectivity index (χ4n) is 7.84. The van der Waals surface area contributed by atoms with Gasteiger partial charge >= 0.3 is 6.09 Å². The molecule has 6 rings (SSSR count). The quantitative estimate of drug-likeness (QED) is 0.325. The minimum absolute atomic E-state index is 0.0322. The molecule has 0 saturated carbocycles. The zero-order chi connectivity index (χ0) is 36.1. The van der Waals surface area contributed by atoms with E-state index in [9.17, 15) is 18.8 Å². The molecule has 50 heavy (non-hydrogen) atoms. The van der Waals surface area contributed by atoms with Crippen LogP contribution in [0.1, 0.15) is 81.6 Å². The molecule has 3 aliphatic rings. The smallest absolute Gasteiger partial charge is 0.410 e. The van der Waals surface area contributed by atoms with Gasteiger partial charge < -0.3 is 19.3 Å². The molecule has 270 valence electrons. The molecule has 0 unspecified atom stereocenters. The second kappa shape index (κ2) is 13.7. The van der Waals surface area contributed by atoms with Gasteiger partial charge in [0, 0.05) is 56.3 Å². The molecule has 3 atom stereocenters. The molecule has 0 bridgehead atoms. The monoisotopic (exact) mass is 690 g/mol. The van der Waals surface area contributed by atoms with E-state index in [1.165, 1.54) is 12.1 Å². The van der Waals surface area contributed by atoms with E-state index in [4.69, 9.17) is 9.47 Å². The number of hydrogen-bond acceptors (Lipinski definition) is 8. The number of imidazole rings is 1. The topological polar surface area (TPSA) is 99.9 Å². The van der Waals surface area contributed by atoms with Crippen molar-refractivity contribution >= 4 is 29.5 Å². The number of fused-ring (bicyclic) bond motifs is 3. The van der Waals surface area contributed by atoms with Crippen LogP contribution in [0.2, 0.25) is 0 Å². The van der Waals surface area contributed by atoms with Crippen LogP contribution in [0.5, 0.6) is 0 Å². The number of ether oxygens (including phenoxy) is 2. The zero-order valence-corrected chi connectivity index (χ0v) is 30.7. The van der Waals surface area contributed by atoms with Crippen molar-refractivity contribution in [1.82, 2.24) is 24.1 Å². The summed E-state index contributed by atoms with van der Waals surface area (Å²) >= 11 is 0. The fourth-order valence-corrected chi connectivity index (χ4v) is 7.84. The number of morpholine rings is 1. The number of nitrogens with zero attached hydrogens (tertiary/aromatic N) is 6. The van der Waals surface area contributed by atoms with E-state index in [1.807, 2.05) is 50.0 Å². The van der Waals surface area contributed by atoms with Crippen LogP contribution in [0.25, 0.3) is 5.52 Å². The molecule has 11 nitrogen and oxygen atoms in total. The Morgan fingerprint density at radius 3 is 2.48 bits per heavy atom. The highest BCUT2D eigenvalue weighted by molar-refractivity contribution is 5.98. The minimum Gasteiger partial charge on any atom is -0.444 e. The molecule has 0 radical (unpaired) electrons. The van der Waals surface area contributed by atoms with Gasteiger partial charge in [0.1, 0.15) is 22.9 Å². The molecular formula is C38H51FN6O5. The number of aryl methyl sites for hydroxylation is 1. The number of piperazine rings is 1. The van der Waals surface area contributed by atoms with Crippen LogP contribution >= 0.6 is 0 Å². The van der Waals surface area contributed by atoms with Crippen molar-refractivity contribution in [2.24, 2.45) is 0 Å². The van der Waals surface area contributed by atoms with Crippen LogP contribution in [0.15, 0.2) is 30.3 Å². The van der Waals surface area contributed by atoms with E-state index in [-0.39, 0.29) is 42.5 Å². The van der Waals surface area contributed by atoms with Gasteiger partial charge in [-0.1, -0.05) is 26.0 Å². The SMILES string of the molecule is Cc1nc(C=O)c2c(Cc3ccc(F)cc3)cc3c(n12)C(C)(C)CN3C(=O)CN1C[C@@H](C)N(C(=O)OC(C)(C)C)C[C@@H]1CN1CCOC[C@H]1C. The molecule has 5 heterocycles. The van der Waals surface area contributed by atoms with Crippen molar-refractivity contribution in [1.29, 1.82) is 0 Å². The summed E-state index contributed by atoms with van der Waals surface area (Å²) < 4.78 is 27.3. The average molecular weight is 691 g/mol. The first kappa shape index (κ1) is 35.9. The number of amides is 2. The number of anilines is 1. The van der Waals surface area contributed by atoms with Crippen LogP contribution in [0.4, 0.5) is 14.9 Å². The second-order valence-corrected chi connectivity index (χ2v) is 15.9. The summed E-state index contributed by atoms with van der Waals surface area (Å²) in [4.78, 5) is 53.1. The number of pyridine rings is 1. The first-order valence-corrected chi connectivity index (χ1v) is 17.7. The molecule has 2 amide bonds. The first-order chi connectivity index (χ1) is 23.6. The predicted molar refractivity (Wildman–Crippen MR) is 190 cm³/mol. The Hall–Kier alpha value is -3.87. The van der Waals surface area contributed by atoms with Crippen molar-refractivity contribution in [3.63, 3.8) is 0 Å². The van der Waals surface area contributed by atoms with Gasteiger partial charge in [-0.2, -0.15) is 0 Å². The van der Waals surface area contributed by atoms with E-state index in [1.54, 1.807) is 17.0 Å². The number of rotatable bonds is 7. The summed E-state index contributed by atoms with van der Waals surface area (Å²) in [5, 5.41) is 0. The summed E-state index contributed by atoms with van der Waals surface area (Å²) in [5.41, 5.74) is 3.46. The normalized spacial score (nSPS) is 22.9. The molecule has 3 aliphatic heterocycles. The Morgan fingerprint density at radius 1 is 1.10 bits per heavy atom. The molecule has 0 aliphatic carbocycles. The lowest BCUT2D eigenvalue weighted by atomic mass is 9.90. The summed E-state index contributed by atoms with van der Waals surface area (Å²) in [7, 11) is 0.